The molecule has 1 unspecified atom stereocenters. The molecule has 4 heteroatoms. The zero-order chi connectivity index (χ0) is 17.8. The zero-order valence-electron chi connectivity index (χ0n) is 15.2. The van der Waals surface area contributed by atoms with Crippen LogP contribution in [-0.2, 0) is 0 Å². The fraction of sp³-hybridized carbons (Fsp3) is 0.286. The van der Waals surface area contributed by atoms with Gasteiger partial charge in [-0.15, -0.1) is 0 Å². The highest BCUT2D eigenvalue weighted by molar-refractivity contribution is 5.44. The summed E-state index contributed by atoms with van der Waals surface area (Å²) < 4.78 is 0. The highest BCUT2D eigenvalue weighted by Crippen LogP contribution is 2.26. The van der Waals surface area contributed by atoms with Crippen LogP contribution in [0, 0.1) is 13.8 Å². The molecule has 2 aromatic heterocycles. The van der Waals surface area contributed by atoms with Gasteiger partial charge in [0.2, 0.25) is 0 Å². The Labute approximate surface area is 149 Å². The number of hydrogen-bond donors (Lipinski definition) is 1. The van der Waals surface area contributed by atoms with Gasteiger partial charge >= 0.3 is 0 Å². The van der Waals surface area contributed by atoms with Crippen molar-refractivity contribution in [3.05, 3.63) is 83.1 Å². The monoisotopic (exact) mass is 332 g/mol. The number of aryl methyl sites for hydroxylation is 2. The van der Waals surface area contributed by atoms with Crippen LogP contribution in [0.1, 0.15) is 54.1 Å². The molecule has 25 heavy (non-hydrogen) atoms. The van der Waals surface area contributed by atoms with E-state index in [1.54, 1.807) is 0 Å². The lowest BCUT2D eigenvalue weighted by atomic mass is 10.0. The zero-order valence-corrected chi connectivity index (χ0v) is 15.2. The van der Waals surface area contributed by atoms with Gasteiger partial charge in [0.1, 0.15) is 11.6 Å². The summed E-state index contributed by atoms with van der Waals surface area (Å²) in [7, 11) is 0. The van der Waals surface area contributed by atoms with E-state index < -0.39 is 0 Å². The third-order valence-corrected chi connectivity index (χ3v) is 4.04. The maximum Gasteiger partial charge on any atom is 0.133 e. The average molecular weight is 332 g/mol. The van der Waals surface area contributed by atoms with Crippen molar-refractivity contribution >= 4 is 5.82 Å². The molecule has 0 aliphatic rings. The van der Waals surface area contributed by atoms with Crippen molar-refractivity contribution in [3.63, 3.8) is 0 Å². The van der Waals surface area contributed by atoms with E-state index in [2.05, 4.69) is 60.3 Å². The molecular weight excluding hydrogens is 308 g/mol. The van der Waals surface area contributed by atoms with Crippen molar-refractivity contribution in [3.8, 4) is 0 Å². The number of nitrogens with zero attached hydrogens (tertiary/aromatic N) is 3. The van der Waals surface area contributed by atoms with E-state index in [0.717, 1.165) is 23.0 Å². The molecule has 0 aliphatic heterocycles. The van der Waals surface area contributed by atoms with Crippen LogP contribution in [0.4, 0.5) is 5.82 Å². The Hall–Kier alpha value is -2.75. The van der Waals surface area contributed by atoms with Crippen molar-refractivity contribution < 1.29 is 0 Å². The van der Waals surface area contributed by atoms with Gasteiger partial charge in [0.05, 0.1) is 11.7 Å². The molecule has 0 radical (unpaired) electrons. The van der Waals surface area contributed by atoms with Crippen molar-refractivity contribution in [1.82, 2.24) is 15.0 Å². The van der Waals surface area contributed by atoms with Gasteiger partial charge < -0.3 is 5.32 Å². The summed E-state index contributed by atoms with van der Waals surface area (Å²) >= 11 is 0. The molecule has 1 N–H and O–H groups in total. The van der Waals surface area contributed by atoms with Crippen LogP contribution >= 0.6 is 0 Å². The van der Waals surface area contributed by atoms with Crippen LogP contribution in [-0.4, -0.2) is 15.0 Å². The van der Waals surface area contributed by atoms with Crippen LogP contribution in [0.3, 0.4) is 0 Å². The first-order valence-electron chi connectivity index (χ1n) is 8.62. The lowest BCUT2D eigenvalue weighted by Crippen LogP contribution is -2.16. The molecule has 1 atom stereocenters. The first-order chi connectivity index (χ1) is 12.0. The molecule has 0 bridgehead atoms. The Balaban J connectivity index is 2.01. The lowest BCUT2D eigenvalue weighted by Gasteiger charge is -2.21. The van der Waals surface area contributed by atoms with Gasteiger partial charge in [0, 0.05) is 23.9 Å². The molecule has 0 spiro atoms. The molecule has 3 rings (SSSR count). The van der Waals surface area contributed by atoms with Gasteiger partial charge in [-0.1, -0.05) is 49.7 Å². The quantitative estimate of drug-likeness (QED) is 0.728. The summed E-state index contributed by atoms with van der Waals surface area (Å²) in [6.07, 6.45) is 1.82. The van der Waals surface area contributed by atoms with Crippen molar-refractivity contribution in [2.24, 2.45) is 0 Å². The highest BCUT2D eigenvalue weighted by Gasteiger charge is 2.17. The number of nitrogens with one attached hydrogen (secondary N) is 1. The van der Waals surface area contributed by atoms with Crippen LogP contribution in [0.2, 0.25) is 0 Å². The third-order valence-electron chi connectivity index (χ3n) is 4.04. The van der Waals surface area contributed by atoms with Gasteiger partial charge in [-0.3, -0.25) is 4.98 Å². The minimum Gasteiger partial charge on any atom is -0.357 e. The highest BCUT2D eigenvalue weighted by atomic mass is 15.1. The molecule has 0 fully saturated rings. The minimum absolute atomic E-state index is 0.0598. The Morgan fingerprint density at radius 3 is 2.44 bits per heavy atom. The van der Waals surface area contributed by atoms with Gasteiger partial charge in [-0.05, 0) is 31.5 Å². The summed E-state index contributed by atoms with van der Waals surface area (Å²) in [5.74, 6) is 1.97. The molecule has 128 valence electrons. The maximum atomic E-state index is 4.70. The number of aromatic nitrogens is 3. The minimum atomic E-state index is -0.0598. The first-order valence-corrected chi connectivity index (χ1v) is 8.62. The molecule has 1 aromatic carbocycles. The second-order valence-corrected chi connectivity index (χ2v) is 6.65. The molecular formula is C21H24N4. The Morgan fingerprint density at radius 1 is 0.920 bits per heavy atom. The molecule has 0 saturated carbocycles. The van der Waals surface area contributed by atoms with Crippen LogP contribution in [0.25, 0.3) is 0 Å². The first kappa shape index (κ1) is 17.1. The Morgan fingerprint density at radius 2 is 1.76 bits per heavy atom. The van der Waals surface area contributed by atoms with E-state index in [4.69, 9.17) is 4.98 Å². The fourth-order valence-corrected chi connectivity index (χ4v) is 2.80. The van der Waals surface area contributed by atoms with E-state index in [9.17, 15) is 0 Å². The van der Waals surface area contributed by atoms with Crippen molar-refractivity contribution in [1.29, 1.82) is 0 Å². The number of rotatable bonds is 5. The summed E-state index contributed by atoms with van der Waals surface area (Å²) in [6, 6.07) is 16.4. The standard InChI is InChI=1S/C21H24N4/c1-14(2)21-23-16(4)13-19(25-21)24-20(18-10-5-6-11-22-18)17-9-7-8-15(3)12-17/h5-14,20H,1-4H3,(H,23,24,25). The van der Waals surface area contributed by atoms with Crippen molar-refractivity contribution in [2.75, 3.05) is 5.32 Å². The van der Waals surface area contributed by atoms with E-state index in [0.29, 0.717) is 0 Å². The molecule has 4 nitrogen and oxygen atoms in total. The molecule has 0 amide bonds. The molecule has 2 heterocycles. The van der Waals surface area contributed by atoms with Crippen LogP contribution in [0.5, 0.6) is 0 Å². The second-order valence-electron chi connectivity index (χ2n) is 6.65. The predicted molar refractivity (Wildman–Crippen MR) is 102 cm³/mol. The number of pyridine rings is 1. The second kappa shape index (κ2) is 7.43. The van der Waals surface area contributed by atoms with Gasteiger partial charge in [-0.2, -0.15) is 0 Å². The maximum absolute atomic E-state index is 4.70. The Bertz CT molecular complexity index is 844. The van der Waals surface area contributed by atoms with Gasteiger partial charge in [-0.25, -0.2) is 9.97 Å². The van der Waals surface area contributed by atoms with E-state index in [1.165, 1.54) is 11.1 Å². The number of benzene rings is 1. The van der Waals surface area contributed by atoms with Gasteiger partial charge in [0.25, 0.3) is 0 Å². The van der Waals surface area contributed by atoms with Crippen LogP contribution < -0.4 is 5.32 Å². The molecule has 0 aliphatic carbocycles. The van der Waals surface area contributed by atoms with E-state index in [1.807, 2.05) is 37.4 Å². The summed E-state index contributed by atoms with van der Waals surface area (Å²) in [5, 5.41) is 3.56. The van der Waals surface area contributed by atoms with Crippen LogP contribution in [0.15, 0.2) is 54.7 Å². The molecule has 0 saturated heterocycles. The molecule has 3 aromatic rings. The van der Waals surface area contributed by atoms with E-state index in [-0.39, 0.29) is 12.0 Å². The summed E-state index contributed by atoms with van der Waals surface area (Å²) in [4.78, 5) is 13.8. The Kier molecular flexibility index (Phi) is 5.08. The largest absolute Gasteiger partial charge is 0.357 e. The van der Waals surface area contributed by atoms with E-state index >= 15 is 0 Å². The summed E-state index contributed by atoms with van der Waals surface area (Å²) in [5.41, 5.74) is 4.32. The normalized spacial score (nSPS) is 12.2. The predicted octanol–water partition coefficient (Wildman–Crippen LogP) is 4.81. The van der Waals surface area contributed by atoms with Gasteiger partial charge in [0.15, 0.2) is 0 Å². The fourth-order valence-electron chi connectivity index (χ4n) is 2.80. The van der Waals surface area contributed by atoms with Crippen molar-refractivity contribution in [2.45, 2.75) is 39.7 Å². The third kappa shape index (κ3) is 4.21. The SMILES string of the molecule is Cc1cccc(C(Nc2cc(C)nc(C(C)C)n2)c2ccccn2)c1. The lowest BCUT2D eigenvalue weighted by molar-refractivity contribution is 0.762. The number of hydrogen-bond acceptors (Lipinski definition) is 4. The smallest absolute Gasteiger partial charge is 0.133 e. The number of anilines is 1. The topological polar surface area (TPSA) is 50.7 Å². The average Bonchev–Trinajstić information content (AvgIpc) is 2.60. The summed E-state index contributed by atoms with van der Waals surface area (Å²) in [6.45, 7) is 8.32.